The minimum atomic E-state index is -0.379. The quantitative estimate of drug-likeness (QED) is 0.914. The Kier molecular flexibility index (Phi) is 5.01. The Morgan fingerprint density at radius 2 is 1.95 bits per heavy atom. The van der Waals surface area contributed by atoms with Crippen molar-refractivity contribution in [2.75, 3.05) is 26.2 Å². The molecule has 1 aromatic carbocycles. The van der Waals surface area contributed by atoms with Gasteiger partial charge in [0.05, 0.1) is 6.10 Å². The van der Waals surface area contributed by atoms with E-state index in [2.05, 4.69) is 18.7 Å². The van der Waals surface area contributed by atoms with Crippen LogP contribution in [0.4, 0.5) is 0 Å². The monoisotopic (exact) mass is 290 g/mol. The number of aliphatic hydroxyl groups is 1. The lowest BCUT2D eigenvalue weighted by atomic mass is 9.97. The molecule has 0 aliphatic carbocycles. The molecule has 1 saturated heterocycles. The lowest BCUT2D eigenvalue weighted by Crippen LogP contribution is -2.61. The van der Waals surface area contributed by atoms with E-state index >= 15 is 0 Å². The molecule has 1 amide bonds. The Morgan fingerprint density at radius 3 is 2.52 bits per heavy atom. The number of hydrogen-bond donors (Lipinski definition) is 1. The van der Waals surface area contributed by atoms with Crippen molar-refractivity contribution in [1.82, 2.24) is 9.80 Å². The van der Waals surface area contributed by atoms with Crippen LogP contribution in [-0.4, -0.2) is 58.6 Å². The largest absolute Gasteiger partial charge is 0.391 e. The maximum atomic E-state index is 11.5. The third-order valence-corrected chi connectivity index (χ3v) is 4.26. The summed E-state index contributed by atoms with van der Waals surface area (Å²) in [5.41, 5.74) is 1.06. The van der Waals surface area contributed by atoms with Crippen LogP contribution in [0, 0.1) is 0 Å². The molecule has 1 fully saturated rings. The molecule has 1 unspecified atom stereocenters. The molecular formula is C17H26N2O2. The van der Waals surface area contributed by atoms with Crippen molar-refractivity contribution >= 4 is 5.91 Å². The number of nitrogens with zero attached hydrogens (tertiary/aromatic N) is 2. The molecule has 4 nitrogen and oxygen atoms in total. The Balaban J connectivity index is 1.92. The fraction of sp³-hybridized carbons (Fsp3) is 0.588. The highest BCUT2D eigenvalue weighted by molar-refractivity contribution is 5.73. The first-order valence-electron chi connectivity index (χ1n) is 7.61. The molecule has 1 aromatic rings. The molecule has 116 valence electrons. The molecule has 4 heteroatoms. The summed E-state index contributed by atoms with van der Waals surface area (Å²) in [7, 11) is 0. The van der Waals surface area contributed by atoms with Crippen LogP contribution in [-0.2, 0) is 11.2 Å². The number of carbonyl (C=O) groups is 1. The molecule has 0 saturated carbocycles. The van der Waals surface area contributed by atoms with Crippen molar-refractivity contribution in [2.45, 2.75) is 38.8 Å². The van der Waals surface area contributed by atoms with Crippen LogP contribution in [0.1, 0.15) is 26.3 Å². The first-order valence-corrected chi connectivity index (χ1v) is 7.61. The van der Waals surface area contributed by atoms with Gasteiger partial charge in [-0.05, 0) is 25.8 Å². The summed E-state index contributed by atoms with van der Waals surface area (Å²) in [6.45, 7) is 8.83. The molecule has 0 aromatic heterocycles. The van der Waals surface area contributed by atoms with E-state index in [0.717, 1.165) is 25.2 Å². The third-order valence-electron chi connectivity index (χ3n) is 4.26. The number of piperazine rings is 1. The Hall–Kier alpha value is -1.39. The van der Waals surface area contributed by atoms with Gasteiger partial charge < -0.3 is 10.0 Å². The molecule has 0 radical (unpaired) electrons. The highest BCUT2D eigenvalue weighted by Gasteiger charge is 2.35. The maximum absolute atomic E-state index is 11.5. The lowest BCUT2D eigenvalue weighted by Gasteiger charge is -2.47. The summed E-state index contributed by atoms with van der Waals surface area (Å²) in [5.74, 6) is 0.132. The van der Waals surface area contributed by atoms with Gasteiger partial charge >= 0.3 is 0 Å². The zero-order valence-electron chi connectivity index (χ0n) is 13.2. The molecule has 0 bridgehead atoms. The van der Waals surface area contributed by atoms with Crippen LogP contribution in [0.3, 0.4) is 0 Å². The van der Waals surface area contributed by atoms with Crippen LogP contribution in [0.2, 0.25) is 0 Å². The molecule has 0 spiro atoms. The second-order valence-electron chi connectivity index (χ2n) is 6.54. The van der Waals surface area contributed by atoms with Gasteiger partial charge in [0.1, 0.15) is 0 Å². The number of benzene rings is 1. The van der Waals surface area contributed by atoms with Crippen molar-refractivity contribution in [3.63, 3.8) is 0 Å². The van der Waals surface area contributed by atoms with Gasteiger partial charge in [-0.15, -0.1) is 0 Å². The van der Waals surface area contributed by atoms with Gasteiger partial charge in [-0.2, -0.15) is 0 Å². The topological polar surface area (TPSA) is 43.8 Å². The predicted octanol–water partition coefficient (Wildman–Crippen LogP) is 1.53. The Morgan fingerprint density at radius 1 is 1.29 bits per heavy atom. The molecule has 1 atom stereocenters. The van der Waals surface area contributed by atoms with E-state index in [9.17, 15) is 9.90 Å². The van der Waals surface area contributed by atoms with Gasteiger partial charge in [0.25, 0.3) is 0 Å². The van der Waals surface area contributed by atoms with Crippen LogP contribution in [0.15, 0.2) is 30.3 Å². The van der Waals surface area contributed by atoms with E-state index in [-0.39, 0.29) is 17.6 Å². The van der Waals surface area contributed by atoms with Crippen molar-refractivity contribution in [1.29, 1.82) is 0 Å². The van der Waals surface area contributed by atoms with Crippen LogP contribution >= 0.6 is 0 Å². The zero-order valence-corrected chi connectivity index (χ0v) is 13.2. The Bertz CT molecular complexity index is 473. The fourth-order valence-corrected chi connectivity index (χ4v) is 3.00. The van der Waals surface area contributed by atoms with Crippen molar-refractivity contribution in [3.8, 4) is 0 Å². The number of amides is 1. The van der Waals surface area contributed by atoms with E-state index in [4.69, 9.17) is 0 Å². The van der Waals surface area contributed by atoms with Crippen LogP contribution in [0.25, 0.3) is 0 Å². The van der Waals surface area contributed by atoms with Gasteiger partial charge in [-0.25, -0.2) is 0 Å². The molecular weight excluding hydrogens is 264 g/mol. The number of rotatable bonds is 4. The standard InChI is InChI=1S/C17H26N2O2/c1-14(20)18-9-10-19(17(2,3)13-18)12-16(21)11-15-7-5-4-6-8-15/h4-8,16,21H,9-13H2,1-3H3. The Labute approximate surface area is 127 Å². The lowest BCUT2D eigenvalue weighted by molar-refractivity contribution is -0.134. The molecule has 1 aliphatic rings. The number of β-amino-alcohol motifs (C(OH)–C–C–N with tert-alkyl or cyclic N) is 1. The average molecular weight is 290 g/mol. The SMILES string of the molecule is CC(=O)N1CCN(CC(O)Cc2ccccc2)C(C)(C)C1. The molecule has 1 aliphatic heterocycles. The van der Waals surface area contributed by atoms with Crippen molar-refractivity contribution in [3.05, 3.63) is 35.9 Å². The van der Waals surface area contributed by atoms with Crippen LogP contribution < -0.4 is 0 Å². The first-order chi connectivity index (χ1) is 9.88. The number of hydrogen-bond acceptors (Lipinski definition) is 3. The number of aliphatic hydroxyl groups excluding tert-OH is 1. The fourth-order valence-electron chi connectivity index (χ4n) is 3.00. The highest BCUT2D eigenvalue weighted by atomic mass is 16.3. The molecule has 21 heavy (non-hydrogen) atoms. The second kappa shape index (κ2) is 6.58. The van der Waals surface area contributed by atoms with Gasteiger partial charge in [-0.1, -0.05) is 30.3 Å². The van der Waals surface area contributed by atoms with Gasteiger partial charge in [0, 0.05) is 38.6 Å². The van der Waals surface area contributed by atoms with Gasteiger partial charge in [0.2, 0.25) is 5.91 Å². The van der Waals surface area contributed by atoms with E-state index in [0.29, 0.717) is 13.0 Å². The normalized spacial score (nSPS) is 20.3. The predicted molar refractivity (Wildman–Crippen MR) is 84.1 cm³/mol. The minimum absolute atomic E-state index is 0.0956. The summed E-state index contributed by atoms with van der Waals surface area (Å²) in [5, 5.41) is 10.3. The van der Waals surface area contributed by atoms with E-state index < -0.39 is 0 Å². The van der Waals surface area contributed by atoms with E-state index in [1.54, 1.807) is 6.92 Å². The number of carbonyl (C=O) groups excluding carboxylic acids is 1. The highest BCUT2D eigenvalue weighted by Crippen LogP contribution is 2.21. The second-order valence-corrected chi connectivity index (χ2v) is 6.54. The summed E-state index contributed by atoms with van der Waals surface area (Å²) in [4.78, 5) is 15.7. The third kappa shape index (κ3) is 4.29. The summed E-state index contributed by atoms with van der Waals surface area (Å²) in [6, 6.07) is 10.1. The van der Waals surface area contributed by atoms with Gasteiger partial charge in [-0.3, -0.25) is 9.69 Å². The van der Waals surface area contributed by atoms with Crippen molar-refractivity contribution in [2.24, 2.45) is 0 Å². The summed E-state index contributed by atoms with van der Waals surface area (Å²) < 4.78 is 0. The summed E-state index contributed by atoms with van der Waals surface area (Å²) >= 11 is 0. The molecule has 1 N–H and O–H groups in total. The van der Waals surface area contributed by atoms with E-state index in [1.807, 2.05) is 35.2 Å². The van der Waals surface area contributed by atoms with Crippen LogP contribution in [0.5, 0.6) is 0 Å². The van der Waals surface area contributed by atoms with E-state index in [1.165, 1.54) is 0 Å². The smallest absolute Gasteiger partial charge is 0.219 e. The zero-order chi connectivity index (χ0) is 15.5. The van der Waals surface area contributed by atoms with Crippen molar-refractivity contribution < 1.29 is 9.90 Å². The first kappa shape index (κ1) is 16.0. The molecule has 2 rings (SSSR count). The molecule has 1 heterocycles. The van der Waals surface area contributed by atoms with Gasteiger partial charge in [0.15, 0.2) is 0 Å². The average Bonchev–Trinajstić information content (AvgIpc) is 2.41. The maximum Gasteiger partial charge on any atom is 0.219 e. The minimum Gasteiger partial charge on any atom is -0.391 e. The summed E-state index contributed by atoms with van der Waals surface area (Å²) in [6.07, 6.45) is 0.291.